The lowest BCUT2D eigenvalue weighted by molar-refractivity contribution is 0.225. The summed E-state index contributed by atoms with van der Waals surface area (Å²) < 4.78 is 2.10. The minimum atomic E-state index is 0.465. The van der Waals surface area contributed by atoms with Crippen LogP contribution in [0.3, 0.4) is 0 Å². The van der Waals surface area contributed by atoms with Gasteiger partial charge in [-0.3, -0.25) is 4.40 Å². The topological polar surface area (TPSA) is 72.3 Å². The number of fused-ring (bicyclic) bond motifs is 1. The van der Waals surface area contributed by atoms with E-state index in [1.54, 1.807) is 6.07 Å². The normalized spacial score (nSPS) is 18.8. The van der Waals surface area contributed by atoms with Crippen molar-refractivity contribution in [1.82, 2.24) is 19.4 Å². The van der Waals surface area contributed by atoms with Crippen LogP contribution >= 0.6 is 23.4 Å². The van der Waals surface area contributed by atoms with Crippen molar-refractivity contribution in [2.24, 2.45) is 5.41 Å². The number of rotatable bonds is 3. The van der Waals surface area contributed by atoms with Gasteiger partial charge in [-0.15, -0.1) is 0 Å². The first-order valence-corrected chi connectivity index (χ1v) is 11.4. The Morgan fingerprint density at radius 2 is 1.86 bits per heavy atom. The van der Waals surface area contributed by atoms with Gasteiger partial charge in [0.1, 0.15) is 5.82 Å². The molecule has 4 heterocycles. The summed E-state index contributed by atoms with van der Waals surface area (Å²) >= 11 is 7.99. The Bertz CT molecular complexity index is 1050. The van der Waals surface area contributed by atoms with Crippen molar-refractivity contribution in [3.8, 4) is 0 Å². The second-order valence-corrected chi connectivity index (χ2v) is 9.75. The predicted molar refractivity (Wildman–Crippen MR) is 118 cm³/mol. The first kappa shape index (κ1) is 19.0. The molecule has 29 heavy (non-hydrogen) atoms. The standard InChI is InChI=1S/C21H25ClN6S/c1-14-18(22)15(12-17(23)26-14)29-16-13-25-20(28-11-8-24-19(16)28)27-9-6-21(7-10-27)4-2-3-5-21/h8,11-13H,2-7,9-10H2,1H3,(H2,23,26). The van der Waals surface area contributed by atoms with E-state index in [2.05, 4.69) is 19.3 Å². The van der Waals surface area contributed by atoms with Crippen LogP contribution in [0.5, 0.6) is 0 Å². The molecule has 1 saturated heterocycles. The first-order chi connectivity index (χ1) is 14.0. The third kappa shape index (κ3) is 3.44. The average Bonchev–Trinajstić information content (AvgIpc) is 3.37. The molecule has 2 fully saturated rings. The zero-order chi connectivity index (χ0) is 20.0. The molecular formula is C21H25ClN6S. The van der Waals surface area contributed by atoms with Gasteiger partial charge >= 0.3 is 0 Å². The lowest BCUT2D eigenvalue weighted by Gasteiger charge is -2.39. The molecule has 3 aromatic heterocycles. The van der Waals surface area contributed by atoms with Crippen LogP contribution in [0, 0.1) is 12.3 Å². The quantitative estimate of drug-likeness (QED) is 0.634. The van der Waals surface area contributed by atoms with Crippen LogP contribution in [0.2, 0.25) is 5.02 Å². The number of hydrogen-bond acceptors (Lipinski definition) is 6. The molecular weight excluding hydrogens is 404 g/mol. The molecule has 2 aliphatic rings. The smallest absolute Gasteiger partial charge is 0.211 e. The average molecular weight is 429 g/mol. The molecule has 1 saturated carbocycles. The van der Waals surface area contributed by atoms with E-state index in [-0.39, 0.29) is 0 Å². The van der Waals surface area contributed by atoms with Gasteiger partial charge < -0.3 is 10.6 Å². The Labute approximate surface area is 179 Å². The van der Waals surface area contributed by atoms with Crippen molar-refractivity contribution in [3.63, 3.8) is 0 Å². The predicted octanol–water partition coefficient (Wildman–Crippen LogP) is 4.98. The van der Waals surface area contributed by atoms with Crippen molar-refractivity contribution in [2.75, 3.05) is 23.7 Å². The number of nitrogens with two attached hydrogens (primary N) is 1. The van der Waals surface area contributed by atoms with Crippen LogP contribution in [-0.4, -0.2) is 32.4 Å². The maximum atomic E-state index is 6.46. The number of anilines is 2. The van der Waals surface area contributed by atoms with Gasteiger partial charge in [-0.2, -0.15) is 0 Å². The lowest BCUT2D eigenvalue weighted by atomic mass is 9.77. The lowest BCUT2D eigenvalue weighted by Crippen LogP contribution is -2.40. The van der Waals surface area contributed by atoms with Crippen molar-refractivity contribution >= 4 is 40.8 Å². The number of aryl methyl sites for hydroxylation is 1. The summed E-state index contributed by atoms with van der Waals surface area (Å²) in [5, 5.41) is 0.621. The van der Waals surface area contributed by atoms with Gasteiger partial charge in [0, 0.05) is 36.6 Å². The van der Waals surface area contributed by atoms with E-state index in [0.717, 1.165) is 40.2 Å². The Morgan fingerprint density at radius 3 is 2.62 bits per heavy atom. The fraction of sp³-hybridized carbons (Fsp3) is 0.476. The van der Waals surface area contributed by atoms with Crippen LogP contribution in [0.1, 0.15) is 44.2 Å². The second kappa shape index (κ2) is 7.36. The zero-order valence-electron chi connectivity index (χ0n) is 16.6. The molecule has 8 heteroatoms. The molecule has 152 valence electrons. The third-order valence-corrected chi connectivity index (χ3v) is 8.11. The van der Waals surface area contributed by atoms with E-state index in [1.165, 1.54) is 50.3 Å². The summed E-state index contributed by atoms with van der Waals surface area (Å²) in [6.07, 6.45) is 13.9. The molecule has 0 atom stereocenters. The molecule has 6 nitrogen and oxygen atoms in total. The summed E-state index contributed by atoms with van der Waals surface area (Å²) in [6.45, 7) is 4.00. The number of halogens is 1. The highest BCUT2D eigenvalue weighted by atomic mass is 35.5. The van der Waals surface area contributed by atoms with Crippen LogP contribution in [-0.2, 0) is 0 Å². The minimum absolute atomic E-state index is 0.465. The Hall–Kier alpha value is -1.99. The van der Waals surface area contributed by atoms with Crippen LogP contribution in [0.4, 0.5) is 11.8 Å². The number of imidazole rings is 1. The van der Waals surface area contributed by atoms with Crippen molar-refractivity contribution in [1.29, 1.82) is 0 Å². The van der Waals surface area contributed by atoms with E-state index in [4.69, 9.17) is 22.3 Å². The van der Waals surface area contributed by atoms with E-state index in [1.807, 2.05) is 25.5 Å². The molecule has 3 aromatic rings. The Balaban J connectivity index is 1.43. The van der Waals surface area contributed by atoms with Gasteiger partial charge in [-0.1, -0.05) is 36.2 Å². The molecule has 0 radical (unpaired) electrons. The Morgan fingerprint density at radius 1 is 1.10 bits per heavy atom. The molecule has 1 aliphatic heterocycles. The van der Waals surface area contributed by atoms with Crippen molar-refractivity contribution in [3.05, 3.63) is 35.4 Å². The van der Waals surface area contributed by atoms with E-state index < -0.39 is 0 Å². The highest BCUT2D eigenvalue weighted by Gasteiger charge is 2.37. The van der Waals surface area contributed by atoms with E-state index in [9.17, 15) is 0 Å². The molecule has 2 N–H and O–H groups in total. The van der Waals surface area contributed by atoms with Gasteiger partial charge in [-0.05, 0) is 44.1 Å². The summed E-state index contributed by atoms with van der Waals surface area (Å²) in [5.74, 6) is 1.44. The fourth-order valence-electron chi connectivity index (χ4n) is 4.84. The maximum Gasteiger partial charge on any atom is 0.211 e. The molecule has 1 aliphatic carbocycles. The van der Waals surface area contributed by atoms with Crippen LogP contribution in [0.25, 0.3) is 5.65 Å². The van der Waals surface area contributed by atoms with Gasteiger partial charge in [0.2, 0.25) is 5.95 Å². The van der Waals surface area contributed by atoms with Gasteiger partial charge in [-0.25, -0.2) is 15.0 Å². The van der Waals surface area contributed by atoms with Crippen molar-refractivity contribution in [2.45, 2.75) is 55.2 Å². The fourth-order valence-corrected chi connectivity index (χ4v) is 6.05. The number of nitrogen functional groups attached to an aromatic ring is 1. The third-order valence-electron chi connectivity index (χ3n) is 6.47. The SMILES string of the molecule is Cc1nc(N)cc(Sc2cnc(N3CCC4(CCCC4)CC3)n3ccnc23)c1Cl. The van der Waals surface area contributed by atoms with Crippen LogP contribution in [0.15, 0.2) is 34.4 Å². The summed E-state index contributed by atoms with van der Waals surface area (Å²) in [5.41, 5.74) is 8.14. The summed E-state index contributed by atoms with van der Waals surface area (Å²) in [7, 11) is 0. The molecule has 0 amide bonds. The van der Waals surface area contributed by atoms with Gasteiger partial charge in [0.25, 0.3) is 0 Å². The summed E-state index contributed by atoms with van der Waals surface area (Å²) in [4.78, 5) is 17.9. The maximum absolute atomic E-state index is 6.46. The molecule has 0 bridgehead atoms. The Kier molecular flexibility index (Phi) is 4.82. The second-order valence-electron chi connectivity index (χ2n) is 8.28. The van der Waals surface area contributed by atoms with Crippen LogP contribution < -0.4 is 10.6 Å². The highest BCUT2D eigenvalue weighted by Crippen LogP contribution is 2.46. The molecule has 1 spiro atoms. The number of aromatic nitrogens is 4. The largest absolute Gasteiger partial charge is 0.384 e. The molecule has 0 aromatic carbocycles. The minimum Gasteiger partial charge on any atom is -0.384 e. The summed E-state index contributed by atoms with van der Waals surface area (Å²) in [6, 6.07) is 1.80. The zero-order valence-corrected chi connectivity index (χ0v) is 18.1. The highest BCUT2D eigenvalue weighted by molar-refractivity contribution is 7.99. The van der Waals surface area contributed by atoms with Gasteiger partial charge in [0.15, 0.2) is 5.65 Å². The molecule has 0 unspecified atom stereocenters. The monoisotopic (exact) mass is 428 g/mol. The number of hydrogen-bond donors (Lipinski definition) is 1. The van der Waals surface area contributed by atoms with Gasteiger partial charge in [0.05, 0.1) is 15.6 Å². The first-order valence-electron chi connectivity index (χ1n) is 10.2. The number of nitrogens with zero attached hydrogens (tertiary/aromatic N) is 5. The van der Waals surface area contributed by atoms with E-state index in [0.29, 0.717) is 16.3 Å². The number of pyridine rings is 1. The van der Waals surface area contributed by atoms with E-state index >= 15 is 0 Å². The molecule has 5 rings (SSSR count). The van der Waals surface area contributed by atoms with Crippen molar-refractivity contribution < 1.29 is 0 Å². The number of piperidine rings is 1.